The Hall–Kier alpha value is -0.610. The molecule has 1 aliphatic rings. The molecule has 112 valence electrons. The molecule has 4 heteroatoms. The number of hydrogen-bond acceptors (Lipinski definition) is 3. The molecule has 0 saturated carbocycles. The van der Waals surface area contributed by atoms with Crippen molar-refractivity contribution in [1.29, 1.82) is 0 Å². The number of piperidine rings is 1. The highest BCUT2D eigenvalue weighted by molar-refractivity contribution is 5.75. The van der Waals surface area contributed by atoms with Crippen molar-refractivity contribution in [2.24, 2.45) is 11.1 Å². The van der Waals surface area contributed by atoms with E-state index < -0.39 is 0 Å². The van der Waals surface area contributed by atoms with E-state index in [2.05, 4.69) is 24.2 Å². The van der Waals surface area contributed by atoms with Gasteiger partial charge in [-0.3, -0.25) is 4.79 Å². The predicted molar refractivity (Wildman–Crippen MR) is 80.0 cm³/mol. The first-order chi connectivity index (χ1) is 9.06. The minimum absolute atomic E-state index is 0.216. The third kappa shape index (κ3) is 6.92. The van der Waals surface area contributed by atoms with Crippen LogP contribution in [0.15, 0.2) is 0 Å². The zero-order valence-corrected chi connectivity index (χ0v) is 12.7. The molecule has 0 unspecified atom stereocenters. The minimum atomic E-state index is 0.216. The summed E-state index contributed by atoms with van der Waals surface area (Å²) in [6, 6.07) is 0. The number of likely N-dealkylation sites (tertiary alicyclic amines) is 1. The SMILES string of the molecule is CN1CCC(C)(CNC(=O)CCCCCCN)CC1. The van der Waals surface area contributed by atoms with Gasteiger partial charge in [-0.15, -0.1) is 0 Å². The molecule has 0 atom stereocenters. The van der Waals surface area contributed by atoms with Crippen molar-refractivity contribution in [2.45, 2.75) is 51.9 Å². The van der Waals surface area contributed by atoms with Crippen LogP contribution in [-0.2, 0) is 4.79 Å². The predicted octanol–water partition coefficient (Wildman–Crippen LogP) is 1.74. The van der Waals surface area contributed by atoms with E-state index in [-0.39, 0.29) is 5.91 Å². The summed E-state index contributed by atoms with van der Waals surface area (Å²) in [6.07, 6.45) is 7.36. The van der Waals surface area contributed by atoms with Crippen molar-refractivity contribution >= 4 is 5.91 Å². The molecule has 3 N–H and O–H groups in total. The van der Waals surface area contributed by atoms with Gasteiger partial charge in [-0.1, -0.05) is 19.8 Å². The average Bonchev–Trinajstić information content (AvgIpc) is 2.40. The Labute approximate surface area is 118 Å². The smallest absolute Gasteiger partial charge is 0.220 e. The normalized spacial score (nSPS) is 19.3. The first-order valence-electron chi connectivity index (χ1n) is 7.71. The van der Waals surface area contributed by atoms with E-state index in [1.807, 2.05) is 0 Å². The van der Waals surface area contributed by atoms with Gasteiger partial charge in [0, 0.05) is 13.0 Å². The molecule has 4 nitrogen and oxygen atoms in total. The molecule has 0 aromatic heterocycles. The highest BCUT2D eigenvalue weighted by Crippen LogP contribution is 2.29. The van der Waals surface area contributed by atoms with Crippen molar-refractivity contribution in [3.63, 3.8) is 0 Å². The third-order valence-corrected chi connectivity index (χ3v) is 4.26. The highest BCUT2D eigenvalue weighted by atomic mass is 16.1. The van der Waals surface area contributed by atoms with Crippen LogP contribution in [0, 0.1) is 5.41 Å². The monoisotopic (exact) mass is 269 g/mol. The molecule has 1 heterocycles. The molecule has 0 bridgehead atoms. The van der Waals surface area contributed by atoms with Gasteiger partial charge in [0.15, 0.2) is 0 Å². The van der Waals surface area contributed by atoms with Gasteiger partial charge in [0.05, 0.1) is 0 Å². The summed E-state index contributed by atoms with van der Waals surface area (Å²) >= 11 is 0. The zero-order valence-electron chi connectivity index (χ0n) is 12.7. The Bertz CT molecular complexity index is 260. The van der Waals surface area contributed by atoms with Gasteiger partial charge in [0.25, 0.3) is 0 Å². The maximum absolute atomic E-state index is 11.8. The molecule has 19 heavy (non-hydrogen) atoms. The number of hydrogen-bond donors (Lipinski definition) is 2. The van der Waals surface area contributed by atoms with Gasteiger partial charge < -0.3 is 16.0 Å². The lowest BCUT2D eigenvalue weighted by Crippen LogP contribution is -2.43. The first-order valence-corrected chi connectivity index (χ1v) is 7.71. The molecular formula is C15H31N3O. The number of carbonyl (C=O) groups is 1. The third-order valence-electron chi connectivity index (χ3n) is 4.26. The van der Waals surface area contributed by atoms with E-state index >= 15 is 0 Å². The van der Waals surface area contributed by atoms with Crippen LogP contribution in [0.1, 0.15) is 51.9 Å². The van der Waals surface area contributed by atoms with Gasteiger partial charge in [-0.2, -0.15) is 0 Å². The fourth-order valence-corrected chi connectivity index (χ4v) is 2.52. The molecule has 1 saturated heterocycles. The Balaban J connectivity index is 2.09. The van der Waals surface area contributed by atoms with Crippen LogP contribution < -0.4 is 11.1 Å². The summed E-state index contributed by atoms with van der Waals surface area (Å²) in [5.41, 5.74) is 5.74. The number of rotatable bonds is 8. The Kier molecular flexibility index (Phi) is 7.39. The zero-order chi connectivity index (χ0) is 14.1. The molecule has 0 aromatic rings. The van der Waals surface area contributed by atoms with Crippen LogP contribution in [0.25, 0.3) is 0 Å². The van der Waals surface area contributed by atoms with E-state index in [0.717, 1.165) is 51.9 Å². The highest BCUT2D eigenvalue weighted by Gasteiger charge is 2.28. The molecule has 1 fully saturated rings. The van der Waals surface area contributed by atoms with Crippen LogP contribution in [0.4, 0.5) is 0 Å². The topological polar surface area (TPSA) is 58.4 Å². The summed E-state index contributed by atoms with van der Waals surface area (Å²) in [5, 5.41) is 3.12. The summed E-state index contributed by atoms with van der Waals surface area (Å²) in [7, 11) is 2.17. The van der Waals surface area contributed by atoms with Crippen molar-refractivity contribution in [3.05, 3.63) is 0 Å². The molecule has 0 spiro atoms. The van der Waals surface area contributed by atoms with E-state index in [9.17, 15) is 4.79 Å². The fraction of sp³-hybridized carbons (Fsp3) is 0.933. The molecular weight excluding hydrogens is 238 g/mol. The number of unbranched alkanes of at least 4 members (excludes halogenated alkanes) is 3. The fourth-order valence-electron chi connectivity index (χ4n) is 2.52. The number of nitrogens with two attached hydrogens (primary N) is 1. The second-order valence-electron chi connectivity index (χ2n) is 6.34. The lowest BCUT2D eigenvalue weighted by atomic mass is 9.80. The van der Waals surface area contributed by atoms with Gasteiger partial charge in [0.1, 0.15) is 0 Å². The summed E-state index contributed by atoms with van der Waals surface area (Å²) in [4.78, 5) is 14.1. The van der Waals surface area contributed by atoms with Crippen LogP contribution in [0.3, 0.4) is 0 Å². The standard InChI is InChI=1S/C15H31N3O/c1-15(8-11-18(2)12-9-15)13-17-14(19)7-5-3-4-6-10-16/h3-13,16H2,1-2H3,(H,17,19). The van der Waals surface area contributed by atoms with Crippen molar-refractivity contribution < 1.29 is 4.79 Å². The quantitative estimate of drug-likeness (QED) is 0.660. The summed E-state index contributed by atoms with van der Waals surface area (Å²) in [5.74, 6) is 0.216. The first kappa shape index (κ1) is 16.4. The molecule has 0 radical (unpaired) electrons. The number of amides is 1. The van der Waals surface area contributed by atoms with Gasteiger partial charge in [-0.05, 0) is 57.8 Å². The van der Waals surface area contributed by atoms with Crippen LogP contribution >= 0.6 is 0 Å². The number of carbonyl (C=O) groups excluding carboxylic acids is 1. The van der Waals surface area contributed by atoms with Gasteiger partial charge >= 0.3 is 0 Å². The van der Waals surface area contributed by atoms with E-state index in [1.54, 1.807) is 0 Å². The van der Waals surface area contributed by atoms with Crippen molar-refractivity contribution in [1.82, 2.24) is 10.2 Å². The van der Waals surface area contributed by atoms with Gasteiger partial charge in [-0.25, -0.2) is 0 Å². The minimum Gasteiger partial charge on any atom is -0.356 e. The lowest BCUT2D eigenvalue weighted by Gasteiger charge is -2.37. The molecule has 0 aliphatic carbocycles. The van der Waals surface area contributed by atoms with Crippen molar-refractivity contribution in [3.8, 4) is 0 Å². The Morgan fingerprint density at radius 3 is 2.47 bits per heavy atom. The van der Waals surface area contributed by atoms with Crippen molar-refractivity contribution in [2.75, 3.05) is 33.2 Å². The maximum Gasteiger partial charge on any atom is 0.220 e. The maximum atomic E-state index is 11.8. The second-order valence-corrected chi connectivity index (χ2v) is 6.34. The summed E-state index contributed by atoms with van der Waals surface area (Å²) < 4.78 is 0. The molecule has 1 rings (SSSR count). The number of nitrogens with zero attached hydrogens (tertiary/aromatic N) is 1. The second kappa shape index (κ2) is 8.54. The molecule has 0 aromatic carbocycles. The van der Waals surface area contributed by atoms with E-state index in [1.165, 1.54) is 12.8 Å². The van der Waals surface area contributed by atoms with Crippen LogP contribution in [0.2, 0.25) is 0 Å². The molecule has 1 aliphatic heterocycles. The van der Waals surface area contributed by atoms with E-state index in [0.29, 0.717) is 11.8 Å². The lowest BCUT2D eigenvalue weighted by molar-refractivity contribution is -0.121. The molecule has 1 amide bonds. The van der Waals surface area contributed by atoms with Gasteiger partial charge in [0.2, 0.25) is 5.91 Å². The Morgan fingerprint density at radius 1 is 1.21 bits per heavy atom. The summed E-state index contributed by atoms with van der Waals surface area (Å²) in [6.45, 7) is 6.18. The number of nitrogens with one attached hydrogen (secondary N) is 1. The van der Waals surface area contributed by atoms with Crippen LogP contribution in [0.5, 0.6) is 0 Å². The van der Waals surface area contributed by atoms with E-state index in [4.69, 9.17) is 5.73 Å². The van der Waals surface area contributed by atoms with Crippen LogP contribution in [-0.4, -0.2) is 44.0 Å². The average molecular weight is 269 g/mol. The largest absolute Gasteiger partial charge is 0.356 e. The Morgan fingerprint density at radius 2 is 1.84 bits per heavy atom.